The lowest BCUT2D eigenvalue weighted by atomic mass is 10.0. The number of carbonyl (C=O) groups is 2. The third-order valence-electron chi connectivity index (χ3n) is 4.19. The molecule has 6 heteroatoms. The van der Waals surface area contributed by atoms with Crippen LogP contribution in [0.3, 0.4) is 0 Å². The molecule has 1 aliphatic carbocycles. The molecule has 0 spiro atoms. The van der Waals surface area contributed by atoms with E-state index in [9.17, 15) is 14.0 Å². The average molecular weight is 347 g/mol. The van der Waals surface area contributed by atoms with Crippen LogP contribution in [0.2, 0.25) is 5.02 Å². The fourth-order valence-corrected chi connectivity index (χ4v) is 2.63. The number of para-hydroxylation sites is 1. The summed E-state index contributed by atoms with van der Waals surface area (Å²) in [6.45, 7) is 1.84. The van der Waals surface area contributed by atoms with E-state index in [1.54, 1.807) is 24.3 Å². The summed E-state index contributed by atoms with van der Waals surface area (Å²) < 4.78 is 13.7. The van der Waals surface area contributed by atoms with Crippen LogP contribution in [-0.2, 0) is 9.59 Å². The summed E-state index contributed by atoms with van der Waals surface area (Å²) in [5, 5.41) is 5.76. The monoisotopic (exact) mass is 346 g/mol. The minimum Gasteiger partial charge on any atom is -0.325 e. The van der Waals surface area contributed by atoms with Crippen molar-refractivity contribution >= 4 is 34.8 Å². The van der Waals surface area contributed by atoms with Crippen molar-refractivity contribution in [3.63, 3.8) is 0 Å². The first kappa shape index (κ1) is 16.5. The Morgan fingerprint density at radius 3 is 2.29 bits per heavy atom. The number of anilines is 2. The molecular weight excluding hydrogens is 331 g/mol. The normalized spacial score (nSPS) is 14.8. The van der Waals surface area contributed by atoms with Crippen molar-refractivity contribution in [1.29, 1.82) is 0 Å². The van der Waals surface area contributed by atoms with Crippen LogP contribution in [0.15, 0.2) is 42.5 Å². The van der Waals surface area contributed by atoms with Crippen LogP contribution in [0.4, 0.5) is 15.8 Å². The molecular formula is C18H16ClFN2O2. The van der Waals surface area contributed by atoms with Crippen LogP contribution in [0.25, 0.3) is 0 Å². The zero-order valence-corrected chi connectivity index (χ0v) is 13.8. The molecule has 1 aliphatic rings. The summed E-state index contributed by atoms with van der Waals surface area (Å²) in [5.41, 5.74) is 0.327. The summed E-state index contributed by atoms with van der Waals surface area (Å²) in [4.78, 5) is 25.0. The van der Waals surface area contributed by atoms with Gasteiger partial charge in [0.25, 0.3) is 0 Å². The third kappa shape index (κ3) is 3.12. The Labute approximate surface area is 144 Å². The van der Waals surface area contributed by atoms with Crippen LogP contribution < -0.4 is 10.6 Å². The maximum Gasteiger partial charge on any atom is 0.240 e. The van der Waals surface area contributed by atoms with Gasteiger partial charge in [-0.2, -0.15) is 0 Å². The largest absolute Gasteiger partial charge is 0.325 e. The zero-order valence-electron chi connectivity index (χ0n) is 13.0. The smallest absolute Gasteiger partial charge is 0.240 e. The van der Waals surface area contributed by atoms with Crippen molar-refractivity contribution in [1.82, 2.24) is 0 Å². The van der Waals surface area contributed by atoms with Crippen LogP contribution >= 0.6 is 11.6 Å². The second kappa shape index (κ2) is 6.24. The Hall–Kier alpha value is -2.40. The molecule has 0 atom stereocenters. The van der Waals surface area contributed by atoms with Gasteiger partial charge in [-0.25, -0.2) is 4.39 Å². The van der Waals surface area contributed by atoms with E-state index in [4.69, 9.17) is 11.6 Å². The molecule has 2 aromatic rings. The third-order valence-corrected chi connectivity index (χ3v) is 4.42. The molecule has 0 bridgehead atoms. The van der Waals surface area contributed by atoms with Gasteiger partial charge >= 0.3 is 0 Å². The Balaban J connectivity index is 1.75. The maximum atomic E-state index is 13.7. The van der Waals surface area contributed by atoms with Gasteiger partial charge in [-0.3, -0.25) is 9.59 Å². The van der Waals surface area contributed by atoms with E-state index in [1.165, 1.54) is 18.2 Å². The molecule has 3 rings (SSSR count). The first-order valence-electron chi connectivity index (χ1n) is 7.56. The van der Waals surface area contributed by atoms with Crippen LogP contribution in [-0.4, -0.2) is 11.8 Å². The maximum absolute atomic E-state index is 13.7. The summed E-state index contributed by atoms with van der Waals surface area (Å²) in [7, 11) is 0. The average Bonchev–Trinajstić information content (AvgIpc) is 3.35. The Kier molecular flexibility index (Phi) is 4.28. The molecule has 0 heterocycles. The highest BCUT2D eigenvalue weighted by Crippen LogP contribution is 2.47. The van der Waals surface area contributed by atoms with Crippen molar-refractivity contribution < 1.29 is 14.0 Å². The fraction of sp³-hybridized carbons (Fsp3) is 0.222. The molecule has 2 amide bonds. The van der Waals surface area contributed by atoms with E-state index in [0.29, 0.717) is 23.6 Å². The number of rotatable bonds is 4. The highest BCUT2D eigenvalue weighted by atomic mass is 35.5. The van der Waals surface area contributed by atoms with Crippen molar-refractivity contribution in [3.05, 3.63) is 58.9 Å². The van der Waals surface area contributed by atoms with E-state index >= 15 is 0 Å². The fourth-order valence-electron chi connectivity index (χ4n) is 2.46. The number of halogens is 2. The van der Waals surface area contributed by atoms with Crippen LogP contribution in [0, 0.1) is 18.2 Å². The predicted octanol–water partition coefficient (Wildman–Crippen LogP) is 4.14. The van der Waals surface area contributed by atoms with Gasteiger partial charge in [0.1, 0.15) is 11.2 Å². The number of carbonyl (C=O) groups excluding carboxylic acids is 2. The molecule has 4 nitrogen and oxygen atoms in total. The van der Waals surface area contributed by atoms with Gasteiger partial charge < -0.3 is 10.6 Å². The molecule has 2 aromatic carbocycles. The van der Waals surface area contributed by atoms with Crippen LogP contribution in [0.1, 0.15) is 18.4 Å². The van der Waals surface area contributed by atoms with E-state index in [2.05, 4.69) is 10.6 Å². The number of aryl methyl sites for hydroxylation is 1. The van der Waals surface area contributed by atoms with Gasteiger partial charge in [-0.15, -0.1) is 0 Å². The van der Waals surface area contributed by atoms with E-state index < -0.39 is 23.0 Å². The molecule has 0 aliphatic heterocycles. The number of benzene rings is 2. The highest BCUT2D eigenvalue weighted by Gasteiger charge is 2.56. The SMILES string of the molecule is Cc1ccc(Cl)cc1NC(=O)C1(C(=O)Nc2ccccc2F)CC1. The van der Waals surface area contributed by atoms with Crippen molar-refractivity contribution in [3.8, 4) is 0 Å². The number of hydrogen-bond acceptors (Lipinski definition) is 2. The topological polar surface area (TPSA) is 58.2 Å². The lowest BCUT2D eigenvalue weighted by Gasteiger charge is -2.17. The minimum atomic E-state index is -1.16. The minimum absolute atomic E-state index is 0.0699. The van der Waals surface area contributed by atoms with Gasteiger partial charge in [-0.1, -0.05) is 29.8 Å². The van der Waals surface area contributed by atoms with Crippen molar-refractivity contribution in [2.45, 2.75) is 19.8 Å². The molecule has 1 fully saturated rings. The first-order chi connectivity index (χ1) is 11.4. The molecule has 0 saturated heterocycles. The lowest BCUT2D eigenvalue weighted by Crippen LogP contribution is -2.36. The van der Waals surface area contributed by atoms with Gasteiger partial charge in [0, 0.05) is 10.7 Å². The highest BCUT2D eigenvalue weighted by molar-refractivity contribution is 6.31. The number of nitrogens with one attached hydrogen (secondary N) is 2. The molecule has 0 unspecified atom stereocenters. The zero-order chi connectivity index (χ0) is 17.3. The van der Waals surface area contributed by atoms with Crippen molar-refractivity contribution in [2.75, 3.05) is 10.6 Å². The summed E-state index contributed by atoms with van der Waals surface area (Å²) in [6, 6.07) is 11.0. The first-order valence-corrected chi connectivity index (χ1v) is 7.94. The van der Waals surface area contributed by atoms with E-state index in [1.807, 2.05) is 6.92 Å². The standard InChI is InChI=1S/C18H16ClFN2O2/c1-11-6-7-12(19)10-15(11)22-17(24)18(8-9-18)16(23)21-14-5-3-2-4-13(14)20/h2-7,10H,8-9H2,1H3,(H,21,23)(H,22,24). The van der Waals surface area contributed by atoms with Crippen LogP contribution in [0.5, 0.6) is 0 Å². The Morgan fingerprint density at radius 1 is 1.04 bits per heavy atom. The summed E-state index contributed by atoms with van der Waals surface area (Å²) >= 11 is 5.95. The van der Waals surface area contributed by atoms with E-state index in [0.717, 1.165) is 5.56 Å². The van der Waals surface area contributed by atoms with Gasteiger partial charge in [0.05, 0.1) is 5.69 Å². The second-order valence-corrected chi connectivity index (χ2v) is 6.37. The Morgan fingerprint density at radius 2 is 1.67 bits per heavy atom. The number of amides is 2. The summed E-state index contributed by atoms with van der Waals surface area (Å²) in [6.07, 6.45) is 0.859. The van der Waals surface area contributed by atoms with E-state index in [-0.39, 0.29) is 5.69 Å². The Bertz CT molecular complexity index is 818. The van der Waals surface area contributed by atoms with Gasteiger partial charge in [0.2, 0.25) is 11.8 Å². The number of hydrogen-bond donors (Lipinski definition) is 2. The second-order valence-electron chi connectivity index (χ2n) is 5.93. The molecule has 0 aromatic heterocycles. The van der Waals surface area contributed by atoms with Gasteiger partial charge in [-0.05, 0) is 49.6 Å². The summed E-state index contributed by atoms with van der Waals surface area (Å²) in [5.74, 6) is -1.43. The molecule has 0 radical (unpaired) electrons. The van der Waals surface area contributed by atoms with Gasteiger partial charge in [0.15, 0.2) is 0 Å². The van der Waals surface area contributed by atoms with Crippen molar-refractivity contribution in [2.24, 2.45) is 5.41 Å². The molecule has 124 valence electrons. The predicted molar refractivity (Wildman–Crippen MR) is 91.5 cm³/mol. The molecule has 24 heavy (non-hydrogen) atoms. The lowest BCUT2D eigenvalue weighted by molar-refractivity contribution is -0.131. The quantitative estimate of drug-likeness (QED) is 0.817. The molecule has 2 N–H and O–H groups in total. The molecule has 1 saturated carbocycles.